The van der Waals surface area contributed by atoms with Crippen LogP contribution in [0.15, 0.2) is 24.3 Å². The number of rotatable bonds is 7. The highest BCUT2D eigenvalue weighted by atomic mass is 19.4. The van der Waals surface area contributed by atoms with Crippen LogP contribution in [-0.2, 0) is 6.18 Å². The molecular formula is C26H31F4N5O2. The second-order valence-electron chi connectivity index (χ2n) is 9.49. The van der Waals surface area contributed by atoms with Crippen LogP contribution in [0.25, 0.3) is 10.9 Å². The van der Waals surface area contributed by atoms with Gasteiger partial charge in [0.2, 0.25) is 0 Å². The molecule has 1 saturated heterocycles. The van der Waals surface area contributed by atoms with Crippen LogP contribution in [0.4, 0.5) is 29.1 Å². The van der Waals surface area contributed by atoms with Crippen LogP contribution in [0.2, 0.25) is 0 Å². The number of anilines is 2. The van der Waals surface area contributed by atoms with Crippen molar-refractivity contribution in [2.75, 3.05) is 31.8 Å². The molecule has 0 radical (unpaired) electrons. The number of fused-ring (bicyclic) bond motifs is 1. The number of nitrogens with two attached hydrogens (primary N) is 1. The Morgan fingerprint density at radius 1 is 1.14 bits per heavy atom. The van der Waals surface area contributed by atoms with Crippen molar-refractivity contribution in [1.29, 1.82) is 0 Å². The fraction of sp³-hybridized carbons (Fsp3) is 0.462. The van der Waals surface area contributed by atoms with Gasteiger partial charge < -0.3 is 20.5 Å². The van der Waals surface area contributed by atoms with Crippen molar-refractivity contribution in [3.05, 3.63) is 47.0 Å². The van der Waals surface area contributed by atoms with Crippen LogP contribution in [-0.4, -0.2) is 47.7 Å². The highest BCUT2D eigenvalue weighted by Gasteiger charge is 2.36. The normalized spacial score (nSPS) is 18.1. The molecule has 3 atom stereocenters. The molecular weight excluding hydrogens is 490 g/mol. The third kappa shape index (κ3) is 5.51. The summed E-state index contributed by atoms with van der Waals surface area (Å²) in [6.07, 6.45) is -2.88. The summed E-state index contributed by atoms with van der Waals surface area (Å²) >= 11 is 0. The zero-order valence-corrected chi connectivity index (χ0v) is 21.4. The van der Waals surface area contributed by atoms with E-state index in [1.807, 2.05) is 6.92 Å². The molecule has 1 fully saturated rings. The number of likely N-dealkylation sites (tertiary alicyclic amines) is 1. The summed E-state index contributed by atoms with van der Waals surface area (Å²) in [5.74, 6) is 0.345. The second kappa shape index (κ2) is 10.2. The molecule has 1 aliphatic heterocycles. The Hall–Kier alpha value is -3.34. The lowest BCUT2D eigenvalue weighted by Crippen LogP contribution is -2.38. The molecule has 0 saturated carbocycles. The van der Waals surface area contributed by atoms with Gasteiger partial charge in [0, 0.05) is 28.7 Å². The van der Waals surface area contributed by atoms with E-state index in [9.17, 15) is 17.6 Å². The predicted octanol–water partition coefficient (Wildman–Crippen LogP) is 5.72. The highest BCUT2D eigenvalue weighted by molar-refractivity contribution is 5.92. The van der Waals surface area contributed by atoms with Crippen molar-refractivity contribution in [1.82, 2.24) is 14.9 Å². The number of methoxy groups -OCH3 is 1. The number of likely N-dealkylation sites (N-methyl/N-ethyl adjacent to an activating group) is 1. The van der Waals surface area contributed by atoms with Gasteiger partial charge in [0.1, 0.15) is 23.6 Å². The number of nitrogens with zero attached hydrogens (tertiary/aromatic N) is 3. The van der Waals surface area contributed by atoms with E-state index >= 15 is 0 Å². The first-order valence-electron chi connectivity index (χ1n) is 12.0. The quantitative estimate of drug-likeness (QED) is 0.304. The Kier molecular flexibility index (Phi) is 7.36. The van der Waals surface area contributed by atoms with Crippen molar-refractivity contribution >= 4 is 22.4 Å². The van der Waals surface area contributed by atoms with Gasteiger partial charge in [-0.25, -0.2) is 14.4 Å². The number of nitrogen functional groups attached to an aromatic ring is 1. The Balaban J connectivity index is 1.73. The molecule has 0 aliphatic carbocycles. The van der Waals surface area contributed by atoms with Gasteiger partial charge in [0.05, 0.1) is 24.2 Å². The average molecular weight is 522 g/mol. The van der Waals surface area contributed by atoms with Gasteiger partial charge in [0.25, 0.3) is 0 Å². The van der Waals surface area contributed by atoms with Crippen molar-refractivity contribution in [3.63, 3.8) is 0 Å². The Morgan fingerprint density at radius 2 is 1.86 bits per heavy atom. The van der Waals surface area contributed by atoms with Crippen LogP contribution in [0, 0.1) is 12.7 Å². The van der Waals surface area contributed by atoms with Gasteiger partial charge in [-0.2, -0.15) is 13.2 Å². The zero-order valence-electron chi connectivity index (χ0n) is 21.4. The van der Waals surface area contributed by atoms with Crippen LogP contribution in [0.5, 0.6) is 11.5 Å². The molecule has 0 spiro atoms. The minimum absolute atomic E-state index is 0.122. The van der Waals surface area contributed by atoms with Gasteiger partial charge in [-0.05, 0) is 65.4 Å². The van der Waals surface area contributed by atoms with E-state index in [4.69, 9.17) is 15.2 Å². The first-order valence-corrected chi connectivity index (χ1v) is 12.0. The number of benzene rings is 2. The highest BCUT2D eigenvalue weighted by Crippen LogP contribution is 2.39. The zero-order chi connectivity index (χ0) is 27.1. The third-order valence-corrected chi connectivity index (χ3v) is 6.77. The summed E-state index contributed by atoms with van der Waals surface area (Å²) in [5.41, 5.74) is 4.40. The van der Waals surface area contributed by atoms with E-state index in [2.05, 4.69) is 27.2 Å². The molecule has 200 valence electrons. The Bertz CT molecular complexity index is 1300. The van der Waals surface area contributed by atoms with E-state index in [1.54, 1.807) is 26.0 Å². The molecule has 11 heteroatoms. The summed E-state index contributed by atoms with van der Waals surface area (Å²) in [6.45, 7) is 6.24. The number of aryl methyl sites for hydroxylation is 1. The first kappa shape index (κ1) is 26.7. The van der Waals surface area contributed by atoms with Crippen LogP contribution < -0.4 is 20.5 Å². The summed E-state index contributed by atoms with van der Waals surface area (Å²) < 4.78 is 66.8. The summed E-state index contributed by atoms with van der Waals surface area (Å²) in [7, 11) is 3.60. The lowest BCUT2D eigenvalue weighted by atomic mass is 10.0. The number of hydrogen-bond acceptors (Lipinski definition) is 7. The van der Waals surface area contributed by atoms with Gasteiger partial charge in [0.15, 0.2) is 11.5 Å². The van der Waals surface area contributed by atoms with Gasteiger partial charge >= 0.3 is 6.18 Å². The summed E-state index contributed by atoms with van der Waals surface area (Å²) in [6, 6.07) is 4.61. The monoisotopic (exact) mass is 521 g/mol. The summed E-state index contributed by atoms with van der Waals surface area (Å²) in [5, 5.41) is 3.61. The standard InChI is InChI=1S/C26H31F4N5O2/c1-13(17-9-16(31)10-19(24(17)27)26(28,29)30)32-25-18-11-23(37-14(2)21-7-6-8-35(21)4)22(36-5)12-20(18)33-15(3)34-25/h9-14,21H,6-8,31H2,1-5H3,(H,32,33,34)/t13-,14+,21+/m1/s1. The van der Waals surface area contributed by atoms with E-state index in [-0.39, 0.29) is 23.4 Å². The molecule has 0 bridgehead atoms. The smallest absolute Gasteiger partial charge is 0.419 e. The fourth-order valence-electron chi connectivity index (χ4n) is 4.90. The Labute approximate surface area is 213 Å². The number of aromatic nitrogens is 2. The van der Waals surface area contributed by atoms with E-state index in [0.717, 1.165) is 19.4 Å². The van der Waals surface area contributed by atoms with Crippen molar-refractivity contribution in [2.24, 2.45) is 0 Å². The molecule has 7 nitrogen and oxygen atoms in total. The third-order valence-electron chi connectivity index (χ3n) is 6.77. The lowest BCUT2D eigenvalue weighted by molar-refractivity contribution is -0.140. The van der Waals surface area contributed by atoms with Gasteiger partial charge in [-0.15, -0.1) is 0 Å². The van der Waals surface area contributed by atoms with Crippen molar-refractivity contribution < 1.29 is 27.0 Å². The molecule has 2 heterocycles. The topological polar surface area (TPSA) is 85.5 Å². The molecule has 3 N–H and O–H groups in total. The maximum absolute atomic E-state index is 14.9. The number of ether oxygens (including phenoxy) is 2. The van der Waals surface area contributed by atoms with Crippen LogP contribution in [0.1, 0.15) is 49.7 Å². The molecule has 3 aromatic rings. The molecule has 4 rings (SSSR count). The van der Waals surface area contributed by atoms with Gasteiger partial charge in [-0.1, -0.05) is 0 Å². The fourth-order valence-corrected chi connectivity index (χ4v) is 4.90. The first-order chi connectivity index (χ1) is 17.4. The number of nitrogens with one attached hydrogen (secondary N) is 1. The van der Waals surface area contributed by atoms with Crippen LogP contribution >= 0.6 is 0 Å². The molecule has 1 aliphatic rings. The minimum Gasteiger partial charge on any atom is -0.493 e. The van der Waals surface area contributed by atoms with Crippen LogP contribution in [0.3, 0.4) is 0 Å². The molecule has 1 aromatic heterocycles. The Morgan fingerprint density at radius 3 is 2.49 bits per heavy atom. The number of hydrogen-bond donors (Lipinski definition) is 2. The van der Waals surface area contributed by atoms with Crippen molar-refractivity contribution in [3.8, 4) is 11.5 Å². The average Bonchev–Trinajstić information content (AvgIpc) is 3.25. The summed E-state index contributed by atoms with van der Waals surface area (Å²) in [4.78, 5) is 11.2. The number of alkyl halides is 3. The van der Waals surface area contributed by atoms with Crippen molar-refractivity contribution in [2.45, 2.75) is 58.0 Å². The maximum Gasteiger partial charge on any atom is 0.419 e. The molecule has 0 amide bonds. The lowest BCUT2D eigenvalue weighted by Gasteiger charge is -2.27. The van der Waals surface area contributed by atoms with Gasteiger partial charge in [-0.3, -0.25) is 4.90 Å². The molecule has 37 heavy (non-hydrogen) atoms. The molecule has 0 unspecified atom stereocenters. The van der Waals surface area contributed by atoms with E-state index in [1.165, 1.54) is 13.2 Å². The maximum atomic E-state index is 14.9. The van der Waals surface area contributed by atoms with E-state index < -0.39 is 23.6 Å². The van der Waals surface area contributed by atoms with E-state index in [0.29, 0.717) is 40.1 Å². The SMILES string of the molecule is COc1cc2nc(C)nc(N[C@H](C)c3cc(N)cc(C(F)(F)F)c3F)c2cc1O[C@@H](C)[C@@H]1CCCN1C. The minimum atomic E-state index is -4.88. The molecule has 2 aromatic carbocycles. The second-order valence-corrected chi connectivity index (χ2v) is 9.49. The number of halogens is 4. The predicted molar refractivity (Wildman–Crippen MR) is 134 cm³/mol. The largest absolute Gasteiger partial charge is 0.493 e.